The van der Waals surface area contributed by atoms with Gasteiger partial charge >= 0.3 is 5.97 Å². The highest BCUT2D eigenvalue weighted by Gasteiger charge is 2.16. The number of carboxylic acids is 1. The predicted octanol–water partition coefficient (Wildman–Crippen LogP) is 1.34. The topological polar surface area (TPSA) is 80.5 Å². The van der Waals surface area contributed by atoms with Gasteiger partial charge in [0.05, 0.1) is 5.75 Å². The average Bonchev–Trinajstić information content (AvgIpc) is 2.80. The lowest BCUT2D eigenvalue weighted by Gasteiger charge is -2.19. The minimum Gasteiger partial charge on any atom is -0.481 e. The van der Waals surface area contributed by atoms with Crippen molar-refractivity contribution in [2.45, 2.75) is 31.5 Å². The van der Waals surface area contributed by atoms with Crippen LogP contribution in [-0.4, -0.2) is 58.9 Å². The van der Waals surface area contributed by atoms with E-state index in [0.29, 0.717) is 11.8 Å². The monoisotopic (exact) mass is 302 g/mol. The second-order valence-electron chi connectivity index (χ2n) is 4.38. The first-order chi connectivity index (χ1) is 9.60. The quantitative estimate of drug-likeness (QED) is 0.516. The molecule has 0 fully saturated rings. The van der Waals surface area contributed by atoms with Gasteiger partial charge in [-0.25, -0.2) is 0 Å². The molecule has 0 saturated carbocycles. The standard InChI is InChI=1S/C12H22N4O3S/c1-4-6-16-11(15(2)7-5-8-19-3)13-14-12(16)20-9-10(17)18/h4-9H2,1-3H3,(H,17,18). The third-order valence-electron chi connectivity index (χ3n) is 2.65. The van der Waals surface area contributed by atoms with Gasteiger partial charge in [-0.15, -0.1) is 10.2 Å². The molecule has 0 spiro atoms. The van der Waals surface area contributed by atoms with Crippen LogP contribution in [0.4, 0.5) is 5.95 Å². The Morgan fingerprint density at radius 1 is 1.50 bits per heavy atom. The molecule has 7 nitrogen and oxygen atoms in total. The number of carbonyl (C=O) groups is 1. The molecule has 0 bridgehead atoms. The van der Waals surface area contributed by atoms with Crippen molar-refractivity contribution in [3.63, 3.8) is 0 Å². The van der Waals surface area contributed by atoms with Gasteiger partial charge in [0, 0.05) is 33.9 Å². The van der Waals surface area contributed by atoms with E-state index in [-0.39, 0.29) is 5.75 Å². The third kappa shape index (κ3) is 5.01. The fourth-order valence-electron chi connectivity index (χ4n) is 1.76. The van der Waals surface area contributed by atoms with Crippen LogP contribution in [-0.2, 0) is 16.1 Å². The Balaban J connectivity index is 2.76. The fourth-order valence-corrected chi connectivity index (χ4v) is 2.44. The Morgan fingerprint density at radius 3 is 2.85 bits per heavy atom. The second-order valence-corrected chi connectivity index (χ2v) is 5.33. The largest absolute Gasteiger partial charge is 0.481 e. The lowest BCUT2D eigenvalue weighted by atomic mass is 10.4. The highest BCUT2D eigenvalue weighted by molar-refractivity contribution is 7.99. The van der Waals surface area contributed by atoms with E-state index in [9.17, 15) is 4.79 Å². The number of carboxylic acid groups (broad SMARTS) is 1. The molecule has 1 aromatic rings. The third-order valence-corrected chi connectivity index (χ3v) is 3.60. The summed E-state index contributed by atoms with van der Waals surface area (Å²) < 4.78 is 7.01. The van der Waals surface area contributed by atoms with Crippen molar-refractivity contribution in [1.29, 1.82) is 0 Å². The van der Waals surface area contributed by atoms with E-state index >= 15 is 0 Å². The average molecular weight is 302 g/mol. The summed E-state index contributed by atoms with van der Waals surface area (Å²) in [5, 5.41) is 17.7. The van der Waals surface area contributed by atoms with Gasteiger partial charge in [-0.2, -0.15) is 0 Å². The van der Waals surface area contributed by atoms with Gasteiger partial charge in [-0.05, 0) is 12.8 Å². The number of nitrogens with zero attached hydrogens (tertiary/aromatic N) is 4. The van der Waals surface area contributed by atoms with E-state index in [2.05, 4.69) is 17.1 Å². The number of ether oxygens (including phenoxy) is 1. The summed E-state index contributed by atoms with van der Waals surface area (Å²) >= 11 is 1.20. The van der Waals surface area contributed by atoms with Crippen molar-refractivity contribution in [3.05, 3.63) is 0 Å². The van der Waals surface area contributed by atoms with Gasteiger partial charge in [-0.1, -0.05) is 18.7 Å². The van der Waals surface area contributed by atoms with Crippen molar-refractivity contribution in [2.24, 2.45) is 0 Å². The zero-order valence-electron chi connectivity index (χ0n) is 12.2. The van der Waals surface area contributed by atoms with Gasteiger partial charge in [-0.3, -0.25) is 9.36 Å². The molecule has 0 saturated heterocycles. The van der Waals surface area contributed by atoms with Crippen LogP contribution >= 0.6 is 11.8 Å². The molecule has 0 aliphatic heterocycles. The molecule has 0 radical (unpaired) electrons. The van der Waals surface area contributed by atoms with Crippen LogP contribution in [0.25, 0.3) is 0 Å². The minimum absolute atomic E-state index is 0.00473. The first kappa shape index (κ1) is 16.8. The molecule has 0 aromatic carbocycles. The molecule has 1 N–H and O–H groups in total. The summed E-state index contributed by atoms with van der Waals surface area (Å²) in [5.41, 5.74) is 0. The van der Waals surface area contributed by atoms with Crippen molar-refractivity contribution < 1.29 is 14.6 Å². The Labute approximate surface area is 123 Å². The second kappa shape index (κ2) is 8.80. The number of hydrogen-bond acceptors (Lipinski definition) is 6. The molecule has 0 unspecified atom stereocenters. The highest BCUT2D eigenvalue weighted by Crippen LogP contribution is 2.21. The van der Waals surface area contributed by atoms with E-state index in [4.69, 9.17) is 9.84 Å². The van der Waals surface area contributed by atoms with Crippen molar-refractivity contribution in [1.82, 2.24) is 14.8 Å². The Hall–Kier alpha value is -1.28. The minimum atomic E-state index is -0.851. The maximum atomic E-state index is 10.7. The number of anilines is 1. The van der Waals surface area contributed by atoms with E-state index < -0.39 is 5.97 Å². The number of thioether (sulfide) groups is 1. The summed E-state index contributed by atoms with van der Waals surface area (Å²) in [6.07, 6.45) is 1.85. The summed E-state index contributed by atoms with van der Waals surface area (Å²) in [4.78, 5) is 12.7. The van der Waals surface area contributed by atoms with Crippen LogP contribution in [0, 0.1) is 0 Å². The molecule has 1 heterocycles. The summed E-state index contributed by atoms with van der Waals surface area (Å²) in [6, 6.07) is 0. The zero-order chi connectivity index (χ0) is 15.0. The molecule has 1 aromatic heterocycles. The smallest absolute Gasteiger partial charge is 0.313 e. The Kier molecular flexibility index (Phi) is 7.38. The molecule has 0 amide bonds. The first-order valence-electron chi connectivity index (χ1n) is 6.58. The highest BCUT2D eigenvalue weighted by atomic mass is 32.2. The molecule has 1 rings (SSSR count). The summed E-state index contributed by atoms with van der Waals surface area (Å²) in [5.74, 6) is -0.0817. The van der Waals surface area contributed by atoms with E-state index in [1.807, 2.05) is 16.5 Å². The van der Waals surface area contributed by atoms with Gasteiger partial charge in [0.2, 0.25) is 5.95 Å². The maximum absolute atomic E-state index is 10.7. The van der Waals surface area contributed by atoms with E-state index in [0.717, 1.165) is 31.9 Å². The van der Waals surface area contributed by atoms with Crippen LogP contribution in [0.15, 0.2) is 5.16 Å². The number of aromatic nitrogens is 3. The van der Waals surface area contributed by atoms with Gasteiger partial charge in [0.1, 0.15) is 0 Å². The lowest BCUT2D eigenvalue weighted by Crippen LogP contribution is -2.23. The lowest BCUT2D eigenvalue weighted by molar-refractivity contribution is -0.133. The number of aliphatic carboxylic acids is 1. The van der Waals surface area contributed by atoms with Crippen LogP contribution in [0.3, 0.4) is 0 Å². The van der Waals surface area contributed by atoms with Crippen molar-refractivity contribution in [3.8, 4) is 0 Å². The van der Waals surface area contributed by atoms with Crippen LogP contribution in [0.2, 0.25) is 0 Å². The molecule has 20 heavy (non-hydrogen) atoms. The fraction of sp³-hybridized carbons (Fsp3) is 0.750. The maximum Gasteiger partial charge on any atom is 0.313 e. The molecule has 114 valence electrons. The summed E-state index contributed by atoms with van der Waals surface area (Å²) in [7, 11) is 3.64. The predicted molar refractivity (Wildman–Crippen MR) is 78.4 cm³/mol. The normalized spacial score (nSPS) is 10.8. The first-order valence-corrected chi connectivity index (χ1v) is 7.56. The SMILES string of the molecule is CCCn1c(SCC(=O)O)nnc1N(C)CCCOC. The number of hydrogen-bond donors (Lipinski definition) is 1. The van der Waals surface area contributed by atoms with E-state index in [1.54, 1.807) is 7.11 Å². The zero-order valence-corrected chi connectivity index (χ0v) is 13.0. The summed E-state index contributed by atoms with van der Waals surface area (Å²) in [6.45, 7) is 4.37. The van der Waals surface area contributed by atoms with Crippen molar-refractivity contribution in [2.75, 3.05) is 38.0 Å². The van der Waals surface area contributed by atoms with Gasteiger partial charge < -0.3 is 14.7 Å². The Morgan fingerprint density at radius 2 is 2.25 bits per heavy atom. The van der Waals surface area contributed by atoms with E-state index in [1.165, 1.54) is 11.8 Å². The van der Waals surface area contributed by atoms with Crippen LogP contribution in [0.1, 0.15) is 19.8 Å². The van der Waals surface area contributed by atoms with Gasteiger partial charge in [0.25, 0.3) is 0 Å². The van der Waals surface area contributed by atoms with Gasteiger partial charge in [0.15, 0.2) is 5.16 Å². The molecule has 0 atom stereocenters. The van der Waals surface area contributed by atoms with Crippen molar-refractivity contribution >= 4 is 23.7 Å². The molecular formula is C12H22N4O3S. The number of rotatable bonds is 10. The molecule has 0 aliphatic rings. The Bertz CT molecular complexity index is 425. The molecular weight excluding hydrogens is 280 g/mol. The molecule has 0 aliphatic carbocycles. The van der Waals surface area contributed by atoms with Crippen LogP contribution < -0.4 is 4.90 Å². The molecule has 8 heteroatoms. The number of methoxy groups -OCH3 is 1. The van der Waals surface area contributed by atoms with Crippen LogP contribution in [0.5, 0.6) is 0 Å².